The van der Waals surface area contributed by atoms with E-state index in [4.69, 9.17) is 11.6 Å². The fourth-order valence-corrected chi connectivity index (χ4v) is 3.56. The summed E-state index contributed by atoms with van der Waals surface area (Å²) in [5.41, 5.74) is 0. The first kappa shape index (κ1) is 20.6. The molecule has 1 amide bonds. The van der Waals surface area contributed by atoms with E-state index < -0.39 is 0 Å². The lowest BCUT2D eigenvalue weighted by Crippen LogP contribution is -2.44. The lowest BCUT2D eigenvalue weighted by molar-refractivity contribution is -0.120. The maximum absolute atomic E-state index is 11.8. The molecule has 1 fully saturated rings. The van der Waals surface area contributed by atoms with Gasteiger partial charge >= 0.3 is 0 Å². The summed E-state index contributed by atoms with van der Waals surface area (Å²) in [4.78, 5) is 15.3. The number of nitrogens with one attached hydrogen (secondary N) is 2. The van der Waals surface area contributed by atoms with Gasteiger partial charge in [-0.2, -0.15) is 0 Å². The fraction of sp³-hybridized carbons (Fsp3) is 0.562. The molecule has 0 atom stereocenters. The van der Waals surface area contributed by atoms with Crippen molar-refractivity contribution >= 4 is 41.7 Å². The van der Waals surface area contributed by atoms with Crippen LogP contribution in [0.3, 0.4) is 0 Å². The zero-order chi connectivity index (χ0) is 15.6. The molecule has 2 rings (SSSR count). The van der Waals surface area contributed by atoms with Crippen LogP contribution in [0.2, 0.25) is 5.02 Å². The lowest BCUT2D eigenvalue weighted by Gasteiger charge is -2.27. The molecule has 0 spiro atoms. The molecule has 1 aromatic carbocycles. The molecule has 7 heteroatoms. The Labute approximate surface area is 154 Å². The van der Waals surface area contributed by atoms with E-state index in [0.29, 0.717) is 6.42 Å². The molecule has 23 heavy (non-hydrogen) atoms. The SMILES string of the molecule is Cl.O=C(CCSc1ccccc1Cl)NCCCN1CCNCC1. The number of rotatable bonds is 8. The Kier molecular flexibility index (Phi) is 10.7. The molecular weight excluding hydrogens is 353 g/mol. The van der Waals surface area contributed by atoms with E-state index in [1.54, 1.807) is 11.8 Å². The quantitative estimate of drug-likeness (QED) is 0.539. The predicted octanol–water partition coefficient (Wildman–Crippen LogP) is 2.66. The zero-order valence-corrected chi connectivity index (χ0v) is 15.6. The van der Waals surface area contributed by atoms with Gasteiger partial charge in [-0.05, 0) is 25.1 Å². The Morgan fingerprint density at radius 3 is 2.78 bits per heavy atom. The van der Waals surface area contributed by atoms with Crippen LogP contribution >= 0.6 is 35.8 Å². The van der Waals surface area contributed by atoms with Gasteiger partial charge in [0.15, 0.2) is 0 Å². The maximum Gasteiger partial charge on any atom is 0.220 e. The van der Waals surface area contributed by atoms with Gasteiger partial charge in [-0.25, -0.2) is 0 Å². The lowest BCUT2D eigenvalue weighted by atomic mass is 10.3. The van der Waals surface area contributed by atoms with E-state index in [2.05, 4.69) is 15.5 Å². The van der Waals surface area contributed by atoms with E-state index in [-0.39, 0.29) is 18.3 Å². The third-order valence-corrected chi connectivity index (χ3v) is 5.12. The van der Waals surface area contributed by atoms with E-state index >= 15 is 0 Å². The Bertz CT molecular complexity index is 470. The number of nitrogens with zero attached hydrogens (tertiary/aromatic N) is 1. The predicted molar refractivity (Wildman–Crippen MR) is 101 cm³/mol. The minimum atomic E-state index is 0. The third kappa shape index (κ3) is 8.27. The van der Waals surface area contributed by atoms with Gasteiger partial charge in [0.2, 0.25) is 5.91 Å². The van der Waals surface area contributed by atoms with Gasteiger partial charge in [-0.15, -0.1) is 24.2 Å². The Hall–Kier alpha value is -0.460. The zero-order valence-electron chi connectivity index (χ0n) is 13.2. The molecule has 1 aromatic rings. The highest BCUT2D eigenvalue weighted by Gasteiger charge is 2.09. The number of hydrogen-bond acceptors (Lipinski definition) is 4. The van der Waals surface area contributed by atoms with Crippen molar-refractivity contribution in [1.29, 1.82) is 0 Å². The molecule has 1 saturated heterocycles. The van der Waals surface area contributed by atoms with Gasteiger partial charge in [0.25, 0.3) is 0 Å². The number of amides is 1. The number of hydrogen-bond donors (Lipinski definition) is 2. The van der Waals surface area contributed by atoms with E-state index in [1.807, 2.05) is 24.3 Å². The average Bonchev–Trinajstić information content (AvgIpc) is 2.54. The molecule has 0 aromatic heterocycles. The van der Waals surface area contributed by atoms with Crippen LogP contribution in [0.4, 0.5) is 0 Å². The standard InChI is InChI=1S/C16H24ClN3OS.ClH/c17-14-4-1-2-5-15(14)22-13-6-16(21)19-7-3-10-20-11-8-18-9-12-20;/h1-2,4-5,18H,3,6-13H2,(H,19,21);1H. The monoisotopic (exact) mass is 377 g/mol. The van der Waals surface area contributed by atoms with Crippen LogP contribution in [-0.2, 0) is 4.79 Å². The number of carbonyl (C=O) groups is 1. The summed E-state index contributed by atoms with van der Waals surface area (Å²) in [6.07, 6.45) is 1.55. The van der Waals surface area contributed by atoms with Crippen molar-refractivity contribution in [3.63, 3.8) is 0 Å². The molecule has 0 bridgehead atoms. The first-order valence-electron chi connectivity index (χ1n) is 7.83. The van der Waals surface area contributed by atoms with E-state index in [0.717, 1.165) is 61.4 Å². The fourth-order valence-electron chi connectivity index (χ4n) is 2.37. The molecule has 2 N–H and O–H groups in total. The molecule has 0 unspecified atom stereocenters. The van der Waals surface area contributed by atoms with Gasteiger partial charge in [-0.3, -0.25) is 4.79 Å². The summed E-state index contributed by atoms with van der Waals surface area (Å²) in [6.45, 7) is 6.21. The summed E-state index contributed by atoms with van der Waals surface area (Å²) < 4.78 is 0. The van der Waals surface area contributed by atoms with Crippen molar-refractivity contribution < 1.29 is 4.79 Å². The molecule has 1 aliphatic rings. The van der Waals surface area contributed by atoms with Crippen molar-refractivity contribution in [2.45, 2.75) is 17.7 Å². The summed E-state index contributed by atoms with van der Waals surface area (Å²) in [5.74, 6) is 0.882. The van der Waals surface area contributed by atoms with Crippen LogP contribution in [0.25, 0.3) is 0 Å². The van der Waals surface area contributed by atoms with Crippen LogP contribution < -0.4 is 10.6 Å². The van der Waals surface area contributed by atoms with Gasteiger partial charge in [0.05, 0.1) is 5.02 Å². The molecule has 0 saturated carbocycles. The number of thioether (sulfide) groups is 1. The third-order valence-electron chi connectivity index (χ3n) is 3.61. The highest BCUT2D eigenvalue weighted by Crippen LogP contribution is 2.26. The minimum Gasteiger partial charge on any atom is -0.356 e. The maximum atomic E-state index is 11.8. The second-order valence-electron chi connectivity index (χ2n) is 5.32. The number of piperazine rings is 1. The summed E-state index contributed by atoms with van der Waals surface area (Å²) >= 11 is 7.71. The van der Waals surface area contributed by atoms with Crippen LogP contribution in [0.5, 0.6) is 0 Å². The average molecular weight is 378 g/mol. The largest absolute Gasteiger partial charge is 0.356 e. The van der Waals surface area contributed by atoms with Crippen LogP contribution in [0.15, 0.2) is 29.2 Å². The van der Waals surface area contributed by atoms with Crippen molar-refractivity contribution in [2.75, 3.05) is 45.0 Å². The molecule has 4 nitrogen and oxygen atoms in total. The van der Waals surface area contributed by atoms with Crippen LogP contribution in [0.1, 0.15) is 12.8 Å². The first-order chi connectivity index (χ1) is 10.8. The number of benzene rings is 1. The number of halogens is 2. The van der Waals surface area contributed by atoms with Crippen molar-refractivity contribution in [1.82, 2.24) is 15.5 Å². The minimum absolute atomic E-state index is 0. The molecule has 130 valence electrons. The smallest absolute Gasteiger partial charge is 0.220 e. The highest BCUT2D eigenvalue weighted by molar-refractivity contribution is 7.99. The number of carbonyl (C=O) groups excluding carboxylic acids is 1. The Balaban J connectivity index is 0.00000264. The molecule has 0 radical (unpaired) electrons. The summed E-state index contributed by atoms with van der Waals surface area (Å²) in [5, 5.41) is 7.09. The van der Waals surface area contributed by atoms with Crippen LogP contribution in [-0.4, -0.2) is 55.8 Å². The Morgan fingerprint density at radius 2 is 2.04 bits per heavy atom. The summed E-state index contributed by atoms with van der Waals surface area (Å²) in [6, 6.07) is 7.74. The molecule has 1 aliphatic heterocycles. The van der Waals surface area contributed by atoms with Gasteiger partial charge in [0.1, 0.15) is 0 Å². The van der Waals surface area contributed by atoms with Gasteiger partial charge in [-0.1, -0.05) is 23.7 Å². The van der Waals surface area contributed by atoms with Crippen molar-refractivity contribution in [3.8, 4) is 0 Å². The van der Waals surface area contributed by atoms with Crippen molar-refractivity contribution in [3.05, 3.63) is 29.3 Å². The van der Waals surface area contributed by atoms with E-state index in [9.17, 15) is 4.79 Å². The first-order valence-corrected chi connectivity index (χ1v) is 9.19. The van der Waals surface area contributed by atoms with Crippen LogP contribution in [0, 0.1) is 0 Å². The normalized spacial score (nSPS) is 15.0. The van der Waals surface area contributed by atoms with Gasteiger partial charge < -0.3 is 15.5 Å². The summed E-state index contributed by atoms with van der Waals surface area (Å²) in [7, 11) is 0. The second kappa shape index (κ2) is 12.0. The molecular formula is C16H25Cl2N3OS. The Morgan fingerprint density at radius 1 is 1.30 bits per heavy atom. The highest BCUT2D eigenvalue weighted by atomic mass is 35.5. The molecule has 0 aliphatic carbocycles. The molecule has 1 heterocycles. The topological polar surface area (TPSA) is 44.4 Å². The van der Waals surface area contributed by atoms with Gasteiger partial charge in [0, 0.05) is 49.8 Å². The second-order valence-corrected chi connectivity index (χ2v) is 6.87. The van der Waals surface area contributed by atoms with Crippen molar-refractivity contribution in [2.24, 2.45) is 0 Å². The van der Waals surface area contributed by atoms with E-state index in [1.165, 1.54) is 0 Å².